The van der Waals surface area contributed by atoms with Gasteiger partial charge in [-0.15, -0.1) is 12.4 Å². The van der Waals surface area contributed by atoms with Gasteiger partial charge >= 0.3 is 0 Å². The number of amides is 2. The lowest BCUT2D eigenvalue weighted by Gasteiger charge is -2.52. The number of likely N-dealkylation sites (N-methyl/N-ethyl adjacent to an activating group) is 1. The predicted molar refractivity (Wildman–Crippen MR) is 195 cm³/mol. The van der Waals surface area contributed by atoms with Crippen molar-refractivity contribution in [2.75, 3.05) is 52.9 Å². The van der Waals surface area contributed by atoms with E-state index >= 15 is 0 Å². The van der Waals surface area contributed by atoms with Gasteiger partial charge in [-0.25, -0.2) is 13.1 Å². The summed E-state index contributed by atoms with van der Waals surface area (Å²) in [5.74, 6) is -0.124. The van der Waals surface area contributed by atoms with Gasteiger partial charge in [0.15, 0.2) is 0 Å². The van der Waals surface area contributed by atoms with E-state index in [1.807, 2.05) is 42.6 Å². The van der Waals surface area contributed by atoms with Crippen LogP contribution >= 0.6 is 12.4 Å². The van der Waals surface area contributed by atoms with Crippen molar-refractivity contribution < 1.29 is 23.1 Å². The summed E-state index contributed by atoms with van der Waals surface area (Å²) in [4.78, 5) is 34.5. The molecular weight excluding hydrogens is 678 g/mol. The molecule has 2 amide bonds. The van der Waals surface area contributed by atoms with E-state index in [9.17, 15) is 23.1 Å². The molecule has 14 heteroatoms. The number of likely N-dealkylation sites (tertiary alicyclic amines) is 1. The topological polar surface area (TPSA) is 131 Å². The highest BCUT2D eigenvalue weighted by molar-refractivity contribution is 7.89. The zero-order valence-corrected chi connectivity index (χ0v) is 31.8. The average Bonchev–Trinajstić information content (AvgIpc) is 3.37. The van der Waals surface area contributed by atoms with Crippen LogP contribution in [0.1, 0.15) is 88.1 Å². The first-order valence-electron chi connectivity index (χ1n) is 18.3. The number of aliphatic hydroxyl groups is 1. The fraction of sp³-hybridized carbons (Fsp3) is 0.694. The van der Waals surface area contributed by atoms with E-state index < -0.39 is 27.2 Å². The van der Waals surface area contributed by atoms with E-state index in [0.717, 1.165) is 67.8 Å². The Kier molecular flexibility index (Phi) is 12.1. The Morgan fingerprint density at radius 2 is 1.58 bits per heavy atom. The van der Waals surface area contributed by atoms with Crippen molar-refractivity contribution in [3.8, 4) is 5.69 Å². The third kappa shape index (κ3) is 7.64. The summed E-state index contributed by atoms with van der Waals surface area (Å²) in [6.07, 6.45) is 7.55. The molecule has 1 atom stereocenters. The first-order chi connectivity index (χ1) is 23.4. The van der Waals surface area contributed by atoms with Crippen molar-refractivity contribution in [1.29, 1.82) is 0 Å². The molecule has 278 valence electrons. The van der Waals surface area contributed by atoms with Gasteiger partial charge in [0.1, 0.15) is 11.6 Å². The minimum Gasteiger partial charge on any atom is -0.390 e. The number of unbranched alkanes of at least 4 members (excludes halogenated alkanes) is 1. The molecule has 6 rings (SSSR count). The normalized spacial score (nSPS) is 23.5. The summed E-state index contributed by atoms with van der Waals surface area (Å²) in [7, 11) is -1.55. The number of rotatable bonds is 10. The fourth-order valence-electron chi connectivity index (χ4n) is 8.34. The maximum absolute atomic E-state index is 14.0. The third-order valence-electron chi connectivity index (χ3n) is 11.6. The first-order valence-corrected chi connectivity index (χ1v) is 19.7. The Morgan fingerprint density at radius 1 is 0.940 bits per heavy atom. The van der Waals surface area contributed by atoms with Crippen LogP contribution in [0.4, 0.5) is 0 Å². The molecule has 1 saturated carbocycles. The summed E-state index contributed by atoms with van der Waals surface area (Å²) < 4.78 is 29.9. The van der Waals surface area contributed by atoms with Crippen LogP contribution in [0.5, 0.6) is 0 Å². The lowest BCUT2D eigenvalue weighted by molar-refractivity contribution is -0.163. The van der Waals surface area contributed by atoms with E-state index in [2.05, 4.69) is 22.0 Å². The van der Waals surface area contributed by atoms with Crippen LogP contribution in [-0.4, -0.2) is 124 Å². The molecule has 3 aliphatic heterocycles. The molecule has 4 fully saturated rings. The molecule has 1 spiro atoms. The number of piperazine rings is 2. The van der Waals surface area contributed by atoms with Crippen LogP contribution < -0.4 is 5.32 Å². The Labute approximate surface area is 304 Å². The lowest BCUT2D eigenvalue weighted by Crippen LogP contribution is -2.73. The maximum Gasteiger partial charge on any atom is 0.246 e. The van der Waals surface area contributed by atoms with Crippen molar-refractivity contribution in [2.45, 2.75) is 114 Å². The highest BCUT2D eigenvalue weighted by atomic mass is 35.5. The number of nitrogens with zero attached hydrogens (tertiary/aromatic N) is 6. The molecule has 0 bridgehead atoms. The second-order valence-electron chi connectivity index (χ2n) is 14.9. The molecule has 1 aliphatic carbocycles. The Balaban J connectivity index is 0.00000486. The zero-order chi connectivity index (χ0) is 35.0. The van der Waals surface area contributed by atoms with Gasteiger partial charge < -0.3 is 20.2 Å². The summed E-state index contributed by atoms with van der Waals surface area (Å²) in [5, 5.41) is 19.1. The van der Waals surface area contributed by atoms with Gasteiger partial charge in [-0.3, -0.25) is 14.5 Å². The second-order valence-corrected chi connectivity index (χ2v) is 16.9. The number of hydrogen-bond donors (Lipinski definition) is 2. The molecule has 0 radical (unpaired) electrons. The predicted octanol–water partition coefficient (Wildman–Crippen LogP) is 3.39. The number of aryl methyl sites for hydroxylation is 1. The first kappa shape index (κ1) is 38.7. The van der Waals surface area contributed by atoms with Crippen LogP contribution in [0.25, 0.3) is 5.69 Å². The Bertz CT molecular complexity index is 1610. The minimum absolute atomic E-state index is 0. The van der Waals surface area contributed by atoms with Crippen molar-refractivity contribution in [1.82, 2.24) is 34.1 Å². The number of piperidine rings is 1. The minimum atomic E-state index is -3.55. The van der Waals surface area contributed by atoms with Crippen LogP contribution in [0.15, 0.2) is 29.2 Å². The smallest absolute Gasteiger partial charge is 0.246 e. The molecular formula is C36H56ClN7O5S. The van der Waals surface area contributed by atoms with Gasteiger partial charge in [-0.05, 0) is 77.3 Å². The number of benzene rings is 1. The van der Waals surface area contributed by atoms with Crippen molar-refractivity contribution >= 4 is 34.2 Å². The molecule has 2 N–H and O–H groups in total. The van der Waals surface area contributed by atoms with Crippen molar-refractivity contribution in [3.05, 3.63) is 41.2 Å². The number of carbonyl (C=O) groups is 2. The largest absolute Gasteiger partial charge is 0.390 e. The summed E-state index contributed by atoms with van der Waals surface area (Å²) in [6.45, 7) is 11.1. The van der Waals surface area contributed by atoms with E-state index in [1.165, 1.54) is 0 Å². The summed E-state index contributed by atoms with van der Waals surface area (Å²) >= 11 is 0. The van der Waals surface area contributed by atoms with E-state index in [1.54, 1.807) is 16.4 Å². The summed E-state index contributed by atoms with van der Waals surface area (Å²) in [6, 6.07) is 6.31. The van der Waals surface area contributed by atoms with E-state index in [-0.39, 0.29) is 24.2 Å². The van der Waals surface area contributed by atoms with Crippen LogP contribution in [0.2, 0.25) is 0 Å². The Morgan fingerprint density at radius 3 is 2.20 bits per heavy atom. The third-order valence-corrected chi connectivity index (χ3v) is 13.5. The van der Waals surface area contributed by atoms with Crippen LogP contribution in [0, 0.1) is 13.8 Å². The highest BCUT2D eigenvalue weighted by Crippen LogP contribution is 2.38. The van der Waals surface area contributed by atoms with Gasteiger partial charge in [0.25, 0.3) is 0 Å². The molecule has 1 aromatic heterocycles. The Hall–Kier alpha value is -2.55. The zero-order valence-electron chi connectivity index (χ0n) is 30.2. The average molecular weight is 734 g/mol. The lowest BCUT2D eigenvalue weighted by atomic mass is 9.77. The molecule has 50 heavy (non-hydrogen) atoms. The molecule has 0 unspecified atom stereocenters. The SMILES string of the molecule is CCCCN1C(=O)[C@@H](CC2(O)CCCCC2)NC(=O)C12CCN(Cc1c(C)nn(-c3ccc(S(=O)(=O)N4CCN(C)CC4)cc3)c1C)CC2.Cl. The van der Waals surface area contributed by atoms with Crippen molar-refractivity contribution in [3.63, 3.8) is 0 Å². The van der Waals surface area contributed by atoms with Gasteiger partial charge in [-0.1, -0.05) is 32.6 Å². The molecule has 3 saturated heterocycles. The standard InChI is InChI=1S/C36H55N7O5S.ClH/c1-5-6-18-42-33(44)32(25-35(46)14-8-7-9-15-35)37-34(45)36(42)16-19-40(20-17-36)26-31-27(2)38-43(28(31)3)29-10-12-30(13-11-29)49(47,48)41-23-21-39(4)22-24-41;/h10-13,32,46H,5-9,14-26H2,1-4H3,(H,37,45);1H/t32-;/m1./s1. The van der Waals surface area contributed by atoms with E-state index in [4.69, 9.17) is 5.10 Å². The van der Waals surface area contributed by atoms with Gasteiger partial charge in [0, 0.05) is 70.0 Å². The maximum atomic E-state index is 14.0. The number of aromatic nitrogens is 2. The monoisotopic (exact) mass is 733 g/mol. The molecule has 1 aromatic carbocycles. The number of halogens is 1. The fourth-order valence-corrected chi connectivity index (χ4v) is 9.76. The molecule has 12 nitrogen and oxygen atoms in total. The van der Waals surface area contributed by atoms with Crippen LogP contribution in [0.3, 0.4) is 0 Å². The number of carbonyl (C=O) groups excluding carboxylic acids is 2. The second kappa shape index (κ2) is 15.6. The van der Waals surface area contributed by atoms with Crippen molar-refractivity contribution in [2.24, 2.45) is 0 Å². The molecule has 2 aromatic rings. The van der Waals surface area contributed by atoms with E-state index in [0.29, 0.717) is 76.3 Å². The summed E-state index contributed by atoms with van der Waals surface area (Å²) in [5.41, 5.74) is 2.06. The molecule has 4 aliphatic rings. The number of hydrogen-bond acceptors (Lipinski definition) is 8. The van der Waals surface area contributed by atoms with Crippen LogP contribution in [-0.2, 0) is 26.2 Å². The van der Waals surface area contributed by atoms with Gasteiger partial charge in [0.05, 0.1) is 21.9 Å². The number of nitrogens with one attached hydrogen (secondary N) is 1. The number of sulfonamides is 1. The van der Waals surface area contributed by atoms with Gasteiger partial charge in [0.2, 0.25) is 21.8 Å². The quantitative estimate of drug-likeness (QED) is 0.380. The highest BCUT2D eigenvalue weighted by Gasteiger charge is 2.54. The van der Waals surface area contributed by atoms with Gasteiger partial charge in [-0.2, -0.15) is 9.40 Å². The molecule has 4 heterocycles.